The van der Waals surface area contributed by atoms with Crippen LogP contribution in [-0.2, 0) is 0 Å². The van der Waals surface area contributed by atoms with Crippen molar-refractivity contribution in [2.75, 3.05) is 13.1 Å². The Morgan fingerprint density at radius 1 is 1.44 bits per heavy atom. The molecule has 1 aliphatic heterocycles. The summed E-state index contributed by atoms with van der Waals surface area (Å²) in [6, 6.07) is 5.53. The first-order valence-corrected chi connectivity index (χ1v) is 7.44. The predicted molar refractivity (Wildman–Crippen MR) is 77.6 cm³/mol. The van der Waals surface area contributed by atoms with Gasteiger partial charge in [0.1, 0.15) is 0 Å². The van der Waals surface area contributed by atoms with Gasteiger partial charge in [-0.15, -0.1) is 0 Å². The first-order valence-electron chi connectivity index (χ1n) is 5.86. The predicted octanol–water partition coefficient (Wildman–Crippen LogP) is 3.20. The number of nitrogens with zero attached hydrogens (tertiary/aromatic N) is 1. The summed E-state index contributed by atoms with van der Waals surface area (Å²) in [5.41, 5.74) is -0.145. The van der Waals surface area contributed by atoms with Crippen molar-refractivity contribution in [3.63, 3.8) is 0 Å². The van der Waals surface area contributed by atoms with Gasteiger partial charge in [0.05, 0.1) is 11.2 Å². The molecule has 0 aromatic heterocycles. The molecule has 2 rings (SSSR count). The van der Waals surface area contributed by atoms with Crippen LogP contribution in [0.25, 0.3) is 0 Å². The summed E-state index contributed by atoms with van der Waals surface area (Å²) in [5.74, 6) is -0.0387. The Morgan fingerprint density at radius 2 is 2.17 bits per heavy atom. The molecule has 0 bridgehead atoms. The summed E-state index contributed by atoms with van der Waals surface area (Å²) < 4.78 is 1.65. The Morgan fingerprint density at radius 3 is 2.83 bits per heavy atom. The van der Waals surface area contributed by atoms with E-state index < -0.39 is 5.60 Å². The summed E-state index contributed by atoms with van der Waals surface area (Å²) in [6.07, 6.45) is 1.58. The molecule has 0 aliphatic carbocycles. The van der Waals surface area contributed by atoms with Gasteiger partial charge in [0.2, 0.25) is 0 Å². The molecule has 1 N–H and O–H groups in total. The maximum Gasteiger partial charge on any atom is 0.255 e. The fourth-order valence-corrected chi connectivity index (χ4v) is 3.00. The van der Waals surface area contributed by atoms with Crippen LogP contribution in [0, 0.1) is 0 Å². The molecule has 0 spiro atoms. The minimum absolute atomic E-state index is 0.0387. The molecule has 1 unspecified atom stereocenters. The number of hydrogen-bond acceptors (Lipinski definition) is 2. The zero-order valence-corrected chi connectivity index (χ0v) is 13.3. The van der Waals surface area contributed by atoms with Crippen LogP contribution >= 0.6 is 31.9 Å². The van der Waals surface area contributed by atoms with Gasteiger partial charge in [0.15, 0.2) is 0 Å². The van der Waals surface area contributed by atoms with Crippen molar-refractivity contribution in [3.05, 3.63) is 32.7 Å². The second-order valence-electron chi connectivity index (χ2n) is 4.95. The zero-order chi connectivity index (χ0) is 13.3. The number of hydrogen-bond donors (Lipinski definition) is 1. The van der Waals surface area contributed by atoms with Gasteiger partial charge in [-0.1, -0.05) is 15.9 Å². The highest BCUT2D eigenvalue weighted by Crippen LogP contribution is 2.26. The van der Waals surface area contributed by atoms with Gasteiger partial charge in [-0.2, -0.15) is 0 Å². The lowest BCUT2D eigenvalue weighted by atomic mass is 9.94. The Bertz CT molecular complexity index is 474. The highest BCUT2D eigenvalue weighted by Gasteiger charge is 2.31. The molecule has 1 amide bonds. The van der Waals surface area contributed by atoms with Crippen LogP contribution < -0.4 is 0 Å². The number of piperidine rings is 1. The Kier molecular flexibility index (Phi) is 4.14. The fraction of sp³-hybridized carbons (Fsp3) is 0.462. The molecule has 1 aliphatic rings. The lowest BCUT2D eigenvalue weighted by molar-refractivity contribution is -0.0107. The Labute approximate surface area is 123 Å². The lowest BCUT2D eigenvalue weighted by Crippen LogP contribution is -2.48. The largest absolute Gasteiger partial charge is 0.388 e. The summed E-state index contributed by atoms with van der Waals surface area (Å²) in [7, 11) is 0. The molecule has 1 aromatic carbocycles. The highest BCUT2D eigenvalue weighted by molar-refractivity contribution is 9.11. The van der Waals surface area contributed by atoms with Crippen LogP contribution in [0.1, 0.15) is 30.1 Å². The molecule has 1 aromatic rings. The number of benzene rings is 1. The maximum absolute atomic E-state index is 12.4. The molecule has 3 nitrogen and oxygen atoms in total. The second-order valence-corrected chi connectivity index (χ2v) is 6.72. The number of carbonyl (C=O) groups excluding carboxylic acids is 1. The van der Waals surface area contributed by atoms with Crippen molar-refractivity contribution < 1.29 is 9.90 Å². The standard InChI is InChI=1S/C13H15Br2NO2/c1-13(18)5-2-6-16(8-13)12(17)10-7-9(14)3-4-11(10)15/h3-4,7,18H,2,5-6,8H2,1H3. The number of β-amino-alcohol motifs (C(OH)–C–C–N with tert-alkyl or cyclic N) is 1. The van der Waals surface area contributed by atoms with Crippen LogP contribution in [-0.4, -0.2) is 34.6 Å². The average Bonchev–Trinajstić information content (AvgIpc) is 2.30. The molecular weight excluding hydrogens is 362 g/mol. The number of carbonyl (C=O) groups is 1. The van der Waals surface area contributed by atoms with Crippen molar-refractivity contribution in [1.29, 1.82) is 0 Å². The number of amides is 1. The van der Waals surface area contributed by atoms with Gasteiger partial charge in [0.25, 0.3) is 5.91 Å². The third-order valence-electron chi connectivity index (χ3n) is 3.12. The lowest BCUT2D eigenvalue weighted by Gasteiger charge is -2.37. The van der Waals surface area contributed by atoms with Gasteiger partial charge < -0.3 is 10.0 Å². The fourth-order valence-electron chi connectivity index (χ4n) is 2.23. The molecule has 1 saturated heterocycles. The van der Waals surface area contributed by atoms with Crippen molar-refractivity contribution in [2.24, 2.45) is 0 Å². The van der Waals surface area contributed by atoms with Crippen LogP contribution in [0.2, 0.25) is 0 Å². The summed E-state index contributed by atoms with van der Waals surface area (Å²) in [4.78, 5) is 14.1. The molecule has 0 radical (unpaired) electrons. The summed E-state index contributed by atoms with van der Waals surface area (Å²) >= 11 is 6.77. The number of aliphatic hydroxyl groups is 1. The molecule has 5 heteroatoms. The topological polar surface area (TPSA) is 40.5 Å². The van der Waals surface area contributed by atoms with Crippen LogP contribution in [0.3, 0.4) is 0 Å². The van der Waals surface area contributed by atoms with E-state index in [1.54, 1.807) is 17.9 Å². The van der Waals surface area contributed by atoms with Gasteiger partial charge in [-0.05, 0) is 53.9 Å². The van der Waals surface area contributed by atoms with E-state index in [9.17, 15) is 9.90 Å². The van der Waals surface area contributed by atoms with E-state index in [0.29, 0.717) is 18.7 Å². The number of likely N-dealkylation sites (tertiary alicyclic amines) is 1. The van der Waals surface area contributed by atoms with Crippen molar-refractivity contribution in [3.8, 4) is 0 Å². The van der Waals surface area contributed by atoms with Crippen LogP contribution in [0.4, 0.5) is 0 Å². The third-order valence-corrected chi connectivity index (χ3v) is 4.31. The first-order chi connectivity index (χ1) is 8.39. The van der Waals surface area contributed by atoms with E-state index in [2.05, 4.69) is 31.9 Å². The van der Waals surface area contributed by atoms with E-state index in [4.69, 9.17) is 0 Å². The monoisotopic (exact) mass is 375 g/mol. The number of rotatable bonds is 1. The normalized spacial score (nSPS) is 24.1. The molecule has 18 heavy (non-hydrogen) atoms. The number of halogens is 2. The van der Waals surface area contributed by atoms with Gasteiger partial charge in [0, 0.05) is 22.0 Å². The third kappa shape index (κ3) is 3.13. The summed E-state index contributed by atoms with van der Waals surface area (Å²) in [6.45, 7) is 2.88. The van der Waals surface area contributed by atoms with Gasteiger partial charge >= 0.3 is 0 Å². The van der Waals surface area contributed by atoms with Crippen molar-refractivity contribution in [2.45, 2.75) is 25.4 Å². The molecule has 1 fully saturated rings. The molecule has 1 heterocycles. The minimum Gasteiger partial charge on any atom is -0.388 e. The van der Waals surface area contributed by atoms with E-state index in [1.807, 2.05) is 12.1 Å². The van der Waals surface area contributed by atoms with E-state index >= 15 is 0 Å². The van der Waals surface area contributed by atoms with E-state index in [0.717, 1.165) is 21.8 Å². The average molecular weight is 377 g/mol. The Balaban J connectivity index is 2.23. The smallest absolute Gasteiger partial charge is 0.255 e. The molecule has 0 saturated carbocycles. The van der Waals surface area contributed by atoms with Crippen molar-refractivity contribution in [1.82, 2.24) is 4.90 Å². The molecular formula is C13H15Br2NO2. The van der Waals surface area contributed by atoms with Crippen molar-refractivity contribution >= 4 is 37.8 Å². The first kappa shape index (κ1) is 14.0. The highest BCUT2D eigenvalue weighted by atomic mass is 79.9. The minimum atomic E-state index is -0.771. The maximum atomic E-state index is 12.4. The van der Waals surface area contributed by atoms with E-state index in [-0.39, 0.29) is 5.91 Å². The Hall–Kier alpha value is -0.390. The second kappa shape index (κ2) is 5.31. The van der Waals surface area contributed by atoms with E-state index in [1.165, 1.54) is 0 Å². The van der Waals surface area contributed by atoms with Gasteiger partial charge in [-0.25, -0.2) is 0 Å². The van der Waals surface area contributed by atoms with Gasteiger partial charge in [-0.3, -0.25) is 4.79 Å². The van der Waals surface area contributed by atoms with Crippen LogP contribution in [0.5, 0.6) is 0 Å². The van der Waals surface area contributed by atoms with Crippen LogP contribution in [0.15, 0.2) is 27.1 Å². The molecule has 1 atom stereocenters. The zero-order valence-electron chi connectivity index (χ0n) is 10.1. The summed E-state index contributed by atoms with van der Waals surface area (Å²) in [5, 5.41) is 10.0. The SMILES string of the molecule is CC1(O)CCCN(C(=O)c2cc(Br)ccc2Br)C1. The molecule has 98 valence electrons. The quantitative estimate of drug-likeness (QED) is 0.817.